The molecule has 7 nitrogen and oxygen atoms in total. The lowest BCUT2D eigenvalue weighted by atomic mass is 9.93. The van der Waals surface area contributed by atoms with E-state index in [2.05, 4.69) is 6.92 Å². The van der Waals surface area contributed by atoms with Crippen molar-refractivity contribution in [2.75, 3.05) is 39.1 Å². The summed E-state index contributed by atoms with van der Waals surface area (Å²) in [5.74, 6) is 0.0277. The molecule has 4 rings (SSSR count). The minimum atomic E-state index is -0.0201. The predicted molar refractivity (Wildman–Crippen MR) is 139 cm³/mol. The number of benzene rings is 2. The molecule has 0 unspecified atom stereocenters. The van der Waals surface area contributed by atoms with Crippen molar-refractivity contribution in [1.82, 2.24) is 14.8 Å². The molecule has 1 saturated heterocycles. The second-order valence-electron chi connectivity index (χ2n) is 8.40. The number of nitrogen functional groups attached to an aromatic ring is 1. The summed E-state index contributed by atoms with van der Waals surface area (Å²) >= 11 is 0. The lowest BCUT2D eigenvalue weighted by Crippen LogP contribution is -2.50. The number of aromatic nitrogens is 1. The molecule has 35 heavy (non-hydrogen) atoms. The molecule has 1 fully saturated rings. The number of hydrogen-bond acceptors (Lipinski definition) is 5. The molecule has 0 spiro atoms. The van der Waals surface area contributed by atoms with Crippen molar-refractivity contribution >= 4 is 34.6 Å². The first-order valence-electron chi connectivity index (χ1n) is 11.6. The van der Waals surface area contributed by atoms with E-state index in [4.69, 9.17) is 16.1 Å². The van der Waals surface area contributed by atoms with Crippen LogP contribution in [0.2, 0.25) is 0 Å². The van der Waals surface area contributed by atoms with E-state index in [-0.39, 0.29) is 11.8 Å². The molecule has 0 bridgehead atoms. The molecule has 0 atom stereocenters. The maximum Gasteiger partial charge on any atom is 0.253 e. The molecular weight excluding hydrogens is 445 g/mol. The van der Waals surface area contributed by atoms with E-state index in [1.807, 2.05) is 37.3 Å². The second kappa shape index (κ2) is 11.1. The smallest absolute Gasteiger partial charge is 0.253 e. The number of nitrogens with two attached hydrogens (primary N) is 1. The van der Waals surface area contributed by atoms with Gasteiger partial charge in [-0.2, -0.15) is 0 Å². The number of nitrogens with zero attached hydrogens (tertiary/aromatic N) is 3. The van der Waals surface area contributed by atoms with Gasteiger partial charge in [0.15, 0.2) is 0 Å². The Bertz CT molecular complexity index is 1250. The van der Waals surface area contributed by atoms with E-state index in [1.54, 1.807) is 22.8 Å². The van der Waals surface area contributed by atoms with Crippen LogP contribution >= 0.6 is 0 Å². The van der Waals surface area contributed by atoms with E-state index in [0.717, 1.165) is 39.7 Å². The zero-order valence-corrected chi connectivity index (χ0v) is 20.7. The standard InChI is InChI=1S/C26H29N5O2.CH3F/c1-4-20-16(2)25(29-23-10-9-22(28)21(15-27)24(20)23)18-5-7-19(8-6-18)26(33)31-13-11-30(12-14-31)17(3)32;1-2/h5-10,15,27H,4,11-14,28H2,1-3H3;1H3. The molecule has 8 heteroatoms. The summed E-state index contributed by atoms with van der Waals surface area (Å²) in [5.41, 5.74) is 12.8. The zero-order chi connectivity index (χ0) is 25.7. The third-order valence-electron chi connectivity index (χ3n) is 6.51. The van der Waals surface area contributed by atoms with Crippen molar-refractivity contribution in [3.63, 3.8) is 0 Å². The van der Waals surface area contributed by atoms with Gasteiger partial charge in [-0.1, -0.05) is 19.1 Å². The molecule has 2 heterocycles. The first-order chi connectivity index (χ1) is 16.8. The minimum Gasteiger partial charge on any atom is -0.398 e. The fourth-order valence-electron chi connectivity index (χ4n) is 4.63. The number of nitrogens with one attached hydrogen (secondary N) is 1. The van der Waals surface area contributed by atoms with E-state index in [0.29, 0.717) is 50.2 Å². The number of fused-ring (bicyclic) bond motifs is 1. The van der Waals surface area contributed by atoms with E-state index in [9.17, 15) is 14.0 Å². The van der Waals surface area contributed by atoms with Gasteiger partial charge in [-0.15, -0.1) is 0 Å². The molecule has 2 aromatic carbocycles. The molecule has 0 saturated carbocycles. The van der Waals surface area contributed by atoms with Crippen molar-refractivity contribution in [2.24, 2.45) is 0 Å². The van der Waals surface area contributed by atoms with Gasteiger partial charge in [-0.25, -0.2) is 4.98 Å². The number of piperazine rings is 1. The fraction of sp³-hybridized carbons (Fsp3) is 0.333. The van der Waals surface area contributed by atoms with Crippen molar-refractivity contribution < 1.29 is 14.0 Å². The molecule has 0 radical (unpaired) electrons. The lowest BCUT2D eigenvalue weighted by molar-refractivity contribution is -0.130. The molecule has 184 valence electrons. The monoisotopic (exact) mass is 477 g/mol. The third kappa shape index (κ3) is 5.01. The SMILES string of the molecule is CCc1c(C)c(-c2ccc(C(=O)N3CCN(C(C)=O)CC3)cc2)nc2ccc(N)c(C=N)c12.CF. The Morgan fingerprint density at radius 2 is 1.66 bits per heavy atom. The molecule has 1 aromatic heterocycles. The quantitative estimate of drug-likeness (QED) is 0.433. The predicted octanol–water partition coefficient (Wildman–Crippen LogP) is 4.24. The number of hydrogen-bond donors (Lipinski definition) is 2. The van der Waals surface area contributed by atoms with Crippen LogP contribution in [-0.2, 0) is 11.2 Å². The first kappa shape index (κ1) is 25.8. The Labute approximate surface area is 205 Å². The summed E-state index contributed by atoms with van der Waals surface area (Å²) in [5, 5.41) is 8.75. The van der Waals surface area contributed by atoms with Crippen LogP contribution < -0.4 is 5.73 Å². The number of carbonyl (C=O) groups excluding carboxylic acids is 2. The van der Waals surface area contributed by atoms with Crippen LogP contribution in [0.4, 0.5) is 10.1 Å². The number of carbonyl (C=O) groups is 2. The summed E-state index contributed by atoms with van der Waals surface area (Å²) in [6.07, 6.45) is 2.10. The lowest BCUT2D eigenvalue weighted by Gasteiger charge is -2.34. The van der Waals surface area contributed by atoms with E-state index in [1.165, 1.54) is 6.21 Å². The van der Waals surface area contributed by atoms with Crippen LogP contribution in [0.1, 0.15) is 40.9 Å². The topological polar surface area (TPSA) is 103 Å². The maximum absolute atomic E-state index is 12.9. The highest BCUT2D eigenvalue weighted by molar-refractivity contribution is 6.05. The van der Waals surface area contributed by atoms with Crippen LogP contribution in [0.25, 0.3) is 22.2 Å². The Morgan fingerprint density at radius 1 is 1.06 bits per heavy atom. The molecule has 3 aromatic rings. The first-order valence-corrected chi connectivity index (χ1v) is 11.6. The summed E-state index contributed by atoms with van der Waals surface area (Å²) < 4.78 is 9.50. The number of halogens is 1. The second-order valence-corrected chi connectivity index (χ2v) is 8.40. The molecule has 1 aliphatic heterocycles. The Morgan fingerprint density at radius 3 is 2.20 bits per heavy atom. The van der Waals surface area contributed by atoms with Crippen LogP contribution in [-0.4, -0.2) is 66.2 Å². The Balaban J connectivity index is 0.00000167. The number of rotatable bonds is 4. The number of amides is 2. The number of anilines is 1. The molecule has 0 aliphatic carbocycles. The molecule has 2 amide bonds. The van der Waals surface area contributed by atoms with Gasteiger partial charge in [-0.3, -0.25) is 14.0 Å². The molecular formula is C27H32FN5O2. The summed E-state index contributed by atoms with van der Waals surface area (Å²) in [7, 11) is 0.500. The van der Waals surface area contributed by atoms with E-state index >= 15 is 0 Å². The number of pyridine rings is 1. The summed E-state index contributed by atoms with van der Waals surface area (Å²) in [4.78, 5) is 32.9. The maximum atomic E-state index is 12.9. The van der Waals surface area contributed by atoms with Crippen LogP contribution in [0.3, 0.4) is 0 Å². The average molecular weight is 478 g/mol. The number of alkyl halides is 1. The van der Waals surface area contributed by atoms with Crippen molar-refractivity contribution in [3.8, 4) is 11.3 Å². The highest BCUT2D eigenvalue weighted by Gasteiger charge is 2.23. The van der Waals surface area contributed by atoms with E-state index < -0.39 is 0 Å². The largest absolute Gasteiger partial charge is 0.398 e. The van der Waals surface area contributed by atoms with Gasteiger partial charge in [0, 0.05) is 67.1 Å². The average Bonchev–Trinajstić information content (AvgIpc) is 2.89. The fourth-order valence-corrected chi connectivity index (χ4v) is 4.63. The van der Waals surface area contributed by atoms with Gasteiger partial charge in [0.05, 0.1) is 18.4 Å². The van der Waals surface area contributed by atoms with Gasteiger partial charge in [-0.05, 0) is 48.7 Å². The van der Waals surface area contributed by atoms with Gasteiger partial charge in [0.25, 0.3) is 5.91 Å². The van der Waals surface area contributed by atoms with Gasteiger partial charge >= 0.3 is 0 Å². The summed E-state index contributed by atoms with van der Waals surface area (Å²) in [6, 6.07) is 11.3. The van der Waals surface area contributed by atoms with Crippen LogP contribution in [0.5, 0.6) is 0 Å². The summed E-state index contributed by atoms with van der Waals surface area (Å²) in [6.45, 7) is 7.93. The zero-order valence-electron chi connectivity index (χ0n) is 20.7. The highest BCUT2D eigenvalue weighted by Crippen LogP contribution is 2.33. The van der Waals surface area contributed by atoms with Crippen molar-refractivity contribution in [1.29, 1.82) is 5.41 Å². The third-order valence-corrected chi connectivity index (χ3v) is 6.51. The molecule has 1 aliphatic rings. The van der Waals surface area contributed by atoms with Gasteiger partial charge < -0.3 is 20.9 Å². The van der Waals surface area contributed by atoms with Gasteiger partial charge in [0.1, 0.15) is 0 Å². The minimum absolute atomic E-state index is 0.0201. The Kier molecular flexibility index (Phi) is 8.17. The van der Waals surface area contributed by atoms with Gasteiger partial charge in [0.2, 0.25) is 5.91 Å². The highest BCUT2D eigenvalue weighted by atomic mass is 19.1. The number of aryl methyl sites for hydroxylation is 1. The normalized spacial score (nSPS) is 13.3. The Hall–Kier alpha value is -3.81. The molecule has 3 N–H and O–H groups in total. The van der Waals surface area contributed by atoms with Crippen LogP contribution in [0.15, 0.2) is 36.4 Å². The van der Waals surface area contributed by atoms with Crippen molar-refractivity contribution in [3.05, 3.63) is 58.7 Å². The van der Waals surface area contributed by atoms with Crippen LogP contribution in [0, 0.1) is 12.3 Å². The van der Waals surface area contributed by atoms with Crippen molar-refractivity contribution in [2.45, 2.75) is 27.2 Å².